The van der Waals surface area contributed by atoms with Crippen molar-refractivity contribution < 1.29 is 14.3 Å². The molecule has 0 radical (unpaired) electrons. The smallest absolute Gasteiger partial charge is 0.321 e. The maximum absolute atomic E-state index is 12.6. The molecule has 1 aromatic rings. The molecule has 0 aliphatic carbocycles. The Morgan fingerprint density at radius 3 is 2.33 bits per heavy atom. The van der Waals surface area contributed by atoms with Gasteiger partial charge >= 0.3 is 6.03 Å². The number of nitrogens with zero attached hydrogens (tertiary/aromatic N) is 2. The van der Waals surface area contributed by atoms with Gasteiger partial charge < -0.3 is 19.9 Å². The van der Waals surface area contributed by atoms with Gasteiger partial charge in [0.1, 0.15) is 6.10 Å². The number of piperidine rings is 1. The van der Waals surface area contributed by atoms with E-state index in [1.165, 1.54) is 5.56 Å². The highest BCUT2D eigenvalue weighted by atomic mass is 16.5. The van der Waals surface area contributed by atoms with Crippen LogP contribution in [0.15, 0.2) is 24.3 Å². The lowest BCUT2D eigenvalue weighted by Gasteiger charge is -2.39. The van der Waals surface area contributed by atoms with Gasteiger partial charge in [-0.3, -0.25) is 4.79 Å². The molecule has 1 aromatic carbocycles. The summed E-state index contributed by atoms with van der Waals surface area (Å²) in [5, 5.41) is 2.97. The van der Waals surface area contributed by atoms with Crippen molar-refractivity contribution in [1.29, 1.82) is 0 Å². The maximum Gasteiger partial charge on any atom is 0.321 e. The largest absolute Gasteiger partial charge is 0.362 e. The molecule has 27 heavy (non-hydrogen) atoms. The lowest BCUT2D eigenvalue weighted by molar-refractivity contribution is -0.149. The topological polar surface area (TPSA) is 61.9 Å². The first-order valence-corrected chi connectivity index (χ1v) is 10.1. The number of benzene rings is 1. The summed E-state index contributed by atoms with van der Waals surface area (Å²) < 4.78 is 6.27. The van der Waals surface area contributed by atoms with Crippen LogP contribution in [-0.2, 0) is 9.53 Å². The number of amides is 3. The van der Waals surface area contributed by atoms with E-state index in [4.69, 9.17) is 4.74 Å². The second-order valence-corrected chi connectivity index (χ2v) is 8.14. The van der Waals surface area contributed by atoms with Crippen molar-refractivity contribution in [2.45, 2.75) is 57.2 Å². The van der Waals surface area contributed by atoms with Crippen LogP contribution in [0.25, 0.3) is 0 Å². The third-order valence-electron chi connectivity index (χ3n) is 6.21. The third kappa shape index (κ3) is 3.95. The zero-order valence-corrected chi connectivity index (χ0v) is 16.1. The van der Waals surface area contributed by atoms with Crippen LogP contribution in [0.4, 0.5) is 10.5 Å². The Morgan fingerprint density at radius 2 is 1.67 bits per heavy atom. The van der Waals surface area contributed by atoms with Crippen molar-refractivity contribution in [3.8, 4) is 0 Å². The van der Waals surface area contributed by atoms with E-state index in [0.29, 0.717) is 13.1 Å². The van der Waals surface area contributed by atoms with E-state index < -0.39 is 0 Å². The first-order chi connectivity index (χ1) is 13.0. The summed E-state index contributed by atoms with van der Waals surface area (Å²) in [6, 6.07) is 7.77. The summed E-state index contributed by atoms with van der Waals surface area (Å²) in [5.41, 5.74) is 1.77. The lowest BCUT2D eigenvalue weighted by Crippen LogP contribution is -2.48. The number of likely N-dealkylation sites (tertiary alicyclic amines) is 2. The quantitative estimate of drug-likeness (QED) is 0.869. The fraction of sp³-hybridized carbons (Fsp3) is 0.619. The summed E-state index contributed by atoms with van der Waals surface area (Å²) in [6.07, 6.45) is 5.27. The van der Waals surface area contributed by atoms with E-state index in [1.54, 1.807) is 0 Å². The lowest BCUT2D eigenvalue weighted by atomic mass is 9.88. The van der Waals surface area contributed by atoms with Gasteiger partial charge in [0.05, 0.1) is 5.60 Å². The standard InChI is InChI=1S/C21H29N3O3/c1-16-4-6-17(7-5-16)22-20(26)24-14-10-21(11-15-24)9-8-18(27-21)19(25)23-12-2-3-13-23/h4-7,18H,2-3,8-15H2,1H3,(H,22,26). The molecule has 1 unspecified atom stereocenters. The van der Waals surface area contributed by atoms with Crippen LogP contribution < -0.4 is 5.32 Å². The normalized spacial score (nSPS) is 24.4. The predicted molar refractivity (Wildman–Crippen MR) is 104 cm³/mol. The van der Waals surface area contributed by atoms with Gasteiger partial charge in [0.15, 0.2) is 0 Å². The van der Waals surface area contributed by atoms with Crippen molar-refractivity contribution in [2.75, 3.05) is 31.5 Å². The molecule has 0 bridgehead atoms. The minimum absolute atomic E-state index is 0.0589. The Bertz CT molecular complexity index is 689. The molecule has 3 saturated heterocycles. The molecule has 3 aliphatic rings. The molecule has 146 valence electrons. The summed E-state index contributed by atoms with van der Waals surface area (Å²) in [5.74, 6) is 0.170. The first-order valence-electron chi connectivity index (χ1n) is 10.1. The number of urea groups is 1. The number of carbonyl (C=O) groups is 2. The Kier molecular flexibility index (Phi) is 5.08. The second-order valence-electron chi connectivity index (χ2n) is 8.14. The average molecular weight is 371 g/mol. The Balaban J connectivity index is 1.29. The molecule has 3 aliphatic heterocycles. The molecule has 6 heteroatoms. The monoisotopic (exact) mass is 371 g/mol. The van der Waals surface area contributed by atoms with E-state index in [9.17, 15) is 9.59 Å². The summed E-state index contributed by atoms with van der Waals surface area (Å²) >= 11 is 0. The molecule has 6 nitrogen and oxygen atoms in total. The number of hydrogen-bond donors (Lipinski definition) is 1. The van der Waals surface area contributed by atoms with E-state index in [-0.39, 0.29) is 23.6 Å². The minimum atomic E-state index is -0.281. The van der Waals surface area contributed by atoms with Crippen molar-refractivity contribution in [1.82, 2.24) is 9.80 Å². The molecule has 0 aromatic heterocycles. The summed E-state index contributed by atoms with van der Waals surface area (Å²) in [6.45, 7) is 5.11. The molecule has 0 saturated carbocycles. The van der Waals surface area contributed by atoms with Crippen LogP contribution in [0.1, 0.15) is 44.1 Å². The fourth-order valence-electron chi connectivity index (χ4n) is 4.45. The van der Waals surface area contributed by atoms with Crippen LogP contribution in [0.2, 0.25) is 0 Å². The summed E-state index contributed by atoms with van der Waals surface area (Å²) in [4.78, 5) is 28.9. The summed E-state index contributed by atoms with van der Waals surface area (Å²) in [7, 11) is 0. The van der Waals surface area contributed by atoms with Crippen LogP contribution in [0.3, 0.4) is 0 Å². The van der Waals surface area contributed by atoms with Crippen LogP contribution >= 0.6 is 0 Å². The van der Waals surface area contributed by atoms with Gasteiger partial charge in [-0.2, -0.15) is 0 Å². The highest BCUT2D eigenvalue weighted by Gasteiger charge is 2.46. The number of anilines is 1. The number of carbonyl (C=O) groups excluding carboxylic acids is 2. The molecule has 3 heterocycles. The van der Waals surface area contributed by atoms with Gasteiger partial charge in [0, 0.05) is 31.9 Å². The molecule has 1 spiro atoms. The maximum atomic E-state index is 12.6. The van der Waals surface area contributed by atoms with E-state index in [2.05, 4.69) is 5.32 Å². The molecule has 3 amide bonds. The van der Waals surface area contributed by atoms with Crippen molar-refractivity contribution >= 4 is 17.6 Å². The van der Waals surface area contributed by atoms with Gasteiger partial charge in [-0.15, -0.1) is 0 Å². The minimum Gasteiger partial charge on any atom is -0.362 e. The first kappa shape index (κ1) is 18.3. The molecule has 4 rings (SSSR count). The molecule has 1 N–H and O–H groups in total. The van der Waals surface area contributed by atoms with Gasteiger partial charge in [0.25, 0.3) is 5.91 Å². The zero-order valence-electron chi connectivity index (χ0n) is 16.1. The van der Waals surface area contributed by atoms with Gasteiger partial charge in [0.2, 0.25) is 0 Å². The zero-order chi connectivity index (χ0) is 18.9. The molecule has 3 fully saturated rings. The van der Waals surface area contributed by atoms with Crippen molar-refractivity contribution in [2.24, 2.45) is 0 Å². The van der Waals surface area contributed by atoms with Crippen molar-refractivity contribution in [3.63, 3.8) is 0 Å². The van der Waals surface area contributed by atoms with Gasteiger partial charge in [-0.1, -0.05) is 17.7 Å². The molecular weight excluding hydrogens is 342 g/mol. The Hall–Kier alpha value is -2.08. The van der Waals surface area contributed by atoms with Crippen molar-refractivity contribution in [3.05, 3.63) is 29.8 Å². The molecular formula is C21H29N3O3. The fourth-order valence-corrected chi connectivity index (χ4v) is 4.45. The number of hydrogen-bond acceptors (Lipinski definition) is 3. The van der Waals surface area contributed by atoms with E-state index >= 15 is 0 Å². The van der Waals surface area contributed by atoms with Crippen LogP contribution in [-0.4, -0.2) is 59.6 Å². The van der Waals surface area contributed by atoms with Gasteiger partial charge in [-0.25, -0.2) is 4.79 Å². The SMILES string of the molecule is Cc1ccc(NC(=O)N2CCC3(CCC(C(=O)N4CCCC4)O3)CC2)cc1. The Labute approximate surface area is 160 Å². The highest BCUT2D eigenvalue weighted by Crippen LogP contribution is 2.39. The second kappa shape index (κ2) is 7.50. The number of rotatable bonds is 2. The van der Waals surface area contributed by atoms with E-state index in [0.717, 1.165) is 57.3 Å². The van der Waals surface area contributed by atoms with Crippen LogP contribution in [0.5, 0.6) is 0 Å². The van der Waals surface area contributed by atoms with Crippen LogP contribution in [0, 0.1) is 6.92 Å². The highest BCUT2D eigenvalue weighted by molar-refractivity contribution is 5.89. The average Bonchev–Trinajstić information content (AvgIpc) is 3.34. The number of aryl methyl sites for hydroxylation is 1. The van der Waals surface area contributed by atoms with Gasteiger partial charge in [-0.05, 0) is 57.6 Å². The van der Waals surface area contributed by atoms with E-state index in [1.807, 2.05) is 41.0 Å². The molecule has 1 atom stereocenters. The third-order valence-corrected chi connectivity index (χ3v) is 6.21. The Morgan fingerprint density at radius 1 is 1.00 bits per heavy atom. The number of ether oxygens (including phenoxy) is 1. The number of nitrogens with one attached hydrogen (secondary N) is 1. The predicted octanol–water partition coefficient (Wildman–Crippen LogP) is 3.16.